The molecule has 3 rings (SSSR count). The van der Waals surface area contributed by atoms with E-state index >= 15 is 0 Å². The molecule has 1 atom stereocenters. The van der Waals surface area contributed by atoms with E-state index in [1.807, 2.05) is 0 Å². The summed E-state index contributed by atoms with van der Waals surface area (Å²) in [7, 11) is 0. The molecule has 2 heterocycles. The summed E-state index contributed by atoms with van der Waals surface area (Å²) in [4.78, 5) is 12.1. The first kappa shape index (κ1) is 18.4. The Balaban J connectivity index is 1.47. The van der Waals surface area contributed by atoms with Gasteiger partial charge in [-0.2, -0.15) is 0 Å². The van der Waals surface area contributed by atoms with Gasteiger partial charge in [0.15, 0.2) is 0 Å². The minimum Gasteiger partial charge on any atom is -0.376 e. The molecule has 1 saturated heterocycles. The number of ether oxygens (including phenoxy) is 1. The summed E-state index contributed by atoms with van der Waals surface area (Å²) in [6, 6.07) is 4.94. The van der Waals surface area contributed by atoms with Crippen molar-refractivity contribution in [3.05, 3.63) is 28.2 Å². The van der Waals surface area contributed by atoms with Crippen LogP contribution in [0, 0.1) is 0 Å². The number of hydrogen-bond acceptors (Lipinski definition) is 6. The van der Waals surface area contributed by atoms with Crippen molar-refractivity contribution in [1.82, 2.24) is 20.2 Å². The Kier molecular flexibility index (Phi) is 6.52. The predicted molar refractivity (Wildman–Crippen MR) is 97.2 cm³/mol. The summed E-state index contributed by atoms with van der Waals surface area (Å²) >= 11 is 13.4. The number of tetrazole rings is 1. The fourth-order valence-electron chi connectivity index (χ4n) is 2.44. The Hall–Kier alpha value is -1.35. The molecule has 25 heavy (non-hydrogen) atoms. The molecule has 1 aromatic carbocycles. The first-order valence-corrected chi connectivity index (χ1v) is 9.61. The van der Waals surface area contributed by atoms with E-state index in [9.17, 15) is 4.79 Å². The number of rotatable bonds is 7. The van der Waals surface area contributed by atoms with Gasteiger partial charge < -0.3 is 10.1 Å². The number of carbonyl (C=O) groups excluding carboxylic acids is 1. The first-order chi connectivity index (χ1) is 12.1. The van der Waals surface area contributed by atoms with Gasteiger partial charge >= 0.3 is 0 Å². The summed E-state index contributed by atoms with van der Waals surface area (Å²) in [5.74, 6) is 0.408. The fraction of sp³-hybridized carbons (Fsp3) is 0.467. The van der Waals surface area contributed by atoms with Crippen LogP contribution >= 0.6 is 35.0 Å². The van der Waals surface area contributed by atoms with Crippen molar-refractivity contribution in [2.75, 3.05) is 17.7 Å². The topological polar surface area (TPSA) is 81.9 Å². The molecule has 1 aromatic heterocycles. The average Bonchev–Trinajstić information content (AvgIpc) is 3.24. The highest BCUT2D eigenvalue weighted by atomic mass is 35.5. The van der Waals surface area contributed by atoms with Crippen molar-refractivity contribution in [3.63, 3.8) is 0 Å². The molecule has 10 heteroatoms. The van der Waals surface area contributed by atoms with Crippen LogP contribution < -0.4 is 5.32 Å². The highest BCUT2D eigenvalue weighted by molar-refractivity contribution is 7.99. The second kappa shape index (κ2) is 8.84. The quantitative estimate of drug-likeness (QED) is 0.716. The second-order valence-corrected chi connectivity index (χ2v) is 7.46. The standard InChI is InChI=1S/C15H17Cl2N5O2S/c16-10-3-4-12(17)13(8-10)18-14(23)5-7-25-15-19-20-21-22(15)9-11-2-1-6-24-11/h3-4,8,11H,1-2,5-7,9H2,(H,18,23). The Morgan fingerprint density at radius 1 is 1.44 bits per heavy atom. The molecule has 7 nitrogen and oxygen atoms in total. The molecule has 0 radical (unpaired) electrons. The second-order valence-electron chi connectivity index (χ2n) is 5.55. The zero-order chi connectivity index (χ0) is 17.6. The van der Waals surface area contributed by atoms with Crippen molar-refractivity contribution in [1.29, 1.82) is 0 Å². The minimum absolute atomic E-state index is 0.144. The van der Waals surface area contributed by atoms with Crippen molar-refractivity contribution < 1.29 is 9.53 Å². The van der Waals surface area contributed by atoms with Crippen LogP contribution in [0.1, 0.15) is 19.3 Å². The molecule has 0 bridgehead atoms. The van der Waals surface area contributed by atoms with E-state index in [0.717, 1.165) is 19.4 Å². The summed E-state index contributed by atoms with van der Waals surface area (Å²) < 4.78 is 7.33. The van der Waals surface area contributed by atoms with Gasteiger partial charge in [-0.3, -0.25) is 4.79 Å². The third-order valence-corrected chi connectivity index (χ3v) is 5.19. The zero-order valence-corrected chi connectivity index (χ0v) is 15.6. The van der Waals surface area contributed by atoms with Crippen molar-refractivity contribution >= 4 is 46.6 Å². The van der Waals surface area contributed by atoms with E-state index in [1.54, 1.807) is 22.9 Å². The third-order valence-electron chi connectivity index (χ3n) is 3.66. The number of amides is 1. The molecule has 1 N–H and O–H groups in total. The molecule has 1 aliphatic heterocycles. The lowest BCUT2D eigenvalue weighted by atomic mass is 10.2. The summed E-state index contributed by atoms with van der Waals surface area (Å²) in [6.07, 6.45) is 2.56. The number of nitrogens with zero attached hydrogens (tertiary/aromatic N) is 4. The van der Waals surface area contributed by atoms with Gasteiger partial charge in [-0.25, -0.2) is 4.68 Å². The molecule has 1 aliphatic rings. The summed E-state index contributed by atoms with van der Waals surface area (Å²) in [5.41, 5.74) is 0.507. The lowest BCUT2D eigenvalue weighted by Gasteiger charge is -2.10. The molecule has 0 saturated carbocycles. The number of anilines is 1. The number of halogens is 2. The van der Waals surface area contributed by atoms with Crippen LogP contribution in [0.3, 0.4) is 0 Å². The van der Waals surface area contributed by atoms with E-state index < -0.39 is 0 Å². The van der Waals surface area contributed by atoms with Gasteiger partial charge in [0.1, 0.15) is 0 Å². The van der Waals surface area contributed by atoms with Crippen molar-refractivity contribution in [2.24, 2.45) is 0 Å². The van der Waals surface area contributed by atoms with Crippen LogP contribution in [0.15, 0.2) is 23.4 Å². The van der Waals surface area contributed by atoms with Crippen molar-refractivity contribution in [3.8, 4) is 0 Å². The first-order valence-electron chi connectivity index (χ1n) is 7.87. The van der Waals surface area contributed by atoms with Crippen LogP contribution in [0.2, 0.25) is 10.0 Å². The number of nitrogens with one attached hydrogen (secondary N) is 1. The van der Waals surface area contributed by atoms with Crippen molar-refractivity contribution in [2.45, 2.75) is 37.1 Å². The van der Waals surface area contributed by atoms with E-state index in [4.69, 9.17) is 27.9 Å². The van der Waals surface area contributed by atoms with Gasteiger partial charge in [0.05, 0.1) is 23.4 Å². The van der Waals surface area contributed by atoms with Gasteiger partial charge in [0.2, 0.25) is 11.1 Å². The Morgan fingerprint density at radius 3 is 3.12 bits per heavy atom. The van der Waals surface area contributed by atoms with Crippen LogP contribution in [0.4, 0.5) is 5.69 Å². The molecule has 1 fully saturated rings. The van der Waals surface area contributed by atoms with E-state index in [0.29, 0.717) is 39.6 Å². The highest BCUT2D eigenvalue weighted by Crippen LogP contribution is 2.26. The van der Waals surface area contributed by atoms with Crippen LogP contribution in [-0.4, -0.2) is 44.6 Å². The molecule has 0 spiro atoms. The van der Waals surface area contributed by atoms with Gasteiger partial charge in [-0.15, -0.1) is 5.10 Å². The van der Waals surface area contributed by atoms with Gasteiger partial charge in [0.25, 0.3) is 0 Å². The zero-order valence-electron chi connectivity index (χ0n) is 13.3. The van der Waals surface area contributed by atoms with Crippen LogP contribution in [-0.2, 0) is 16.1 Å². The molecule has 1 unspecified atom stereocenters. The lowest BCUT2D eigenvalue weighted by molar-refractivity contribution is -0.115. The molecular formula is C15H17Cl2N5O2S. The Bertz CT molecular complexity index is 736. The Morgan fingerprint density at radius 2 is 2.32 bits per heavy atom. The van der Waals surface area contributed by atoms with E-state index in [1.165, 1.54) is 11.8 Å². The van der Waals surface area contributed by atoms with Gasteiger partial charge in [-0.1, -0.05) is 35.0 Å². The highest BCUT2D eigenvalue weighted by Gasteiger charge is 2.19. The molecule has 2 aromatic rings. The van der Waals surface area contributed by atoms with Crippen LogP contribution in [0.5, 0.6) is 0 Å². The Labute approximate surface area is 159 Å². The number of hydrogen-bond donors (Lipinski definition) is 1. The smallest absolute Gasteiger partial charge is 0.225 e. The minimum atomic E-state index is -0.144. The molecular weight excluding hydrogens is 385 g/mol. The SMILES string of the molecule is O=C(CCSc1nnnn1CC1CCCO1)Nc1cc(Cl)ccc1Cl. The van der Waals surface area contributed by atoms with Crippen LogP contribution in [0.25, 0.3) is 0 Å². The largest absolute Gasteiger partial charge is 0.376 e. The maximum atomic E-state index is 12.1. The molecule has 134 valence electrons. The normalized spacial score (nSPS) is 17.0. The molecule has 0 aliphatic carbocycles. The lowest BCUT2D eigenvalue weighted by Crippen LogP contribution is -2.17. The number of benzene rings is 1. The molecule has 1 amide bonds. The number of thioether (sulfide) groups is 1. The fourth-order valence-corrected chi connectivity index (χ4v) is 3.60. The average molecular weight is 402 g/mol. The maximum absolute atomic E-state index is 12.1. The number of carbonyl (C=O) groups is 1. The van der Waals surface area contributed by atoms with E-state index in [-0.39, 0.29) is 12.0 Å². The summed E-state index contributed by atoms with van der Waals surface area (Å²) in [6.45, 7) is 1.43. The predicted octanol–water partition coefficient (Wildman–Crippen LogP) is 3.28. The monoisotopic (exact) mass is 401 g/mol. The third kappa shape index (κ3) is 5.31. The van der Waals surface area contributed by atoms with Gasteiger partial charge in [-0.05, 0) is 41.5 Å². The maximum Gasteiger partial charge on any atom is 0.225 e. The number of aromatic nitrogens is 4. The van der Waals surface area contributed by atoms with E-state index in [2.05, 4.69) is 20.8 Å². The van der Waals surface area contributed by atoms with Gasteiger partial charge in [0, 0.05) is 23.8 Å². The summed E-state index contributed by atoms with van der Waals surface area (Å²) in [5, 5.41) is 16.1.